The van der Waals surface area contributed by atoms with Gasteiger partial charge < -0.3 is 15.0 Å². The number of hydrogen-bond donors (Lipinski definition) is 1. The second-order valence-corrected chi connectivity index (χ2v) is 10.0. The minimum absolute atomic E-state index is 0.0156. The highest BCUT2D eigenvalue weighted by Gasteiger charge is 2.43. The maximum atomic E-state index is 13.5. The lowest BCUT2D eigenvalue weighted by Crippen LogP contribution is -2.39. The number of anilines is 2. The summed E-state index contributed by atoms with van der Waals surface area (Å²) in [6.07, 6.45) is 0.633. The lowest BCUT2D eigenvalue weighted by atomic mass is 10.1. The number of ether oxygens (including phenoxy) is 1. The van der Waals surface area contributed by atoms with E-state index in [0.29, 0.717) is 40.2 Å². The highest BCUT2D eigenvalue weighted by Crippen LogP contribution is 2.29. The third-order valence-electron chi connectivity index (χ3n) is 5.71. The Morgan fingerprint density at radius 2 is 1.71 bits per heavy atom. The molecule has 180 valence electrons. The lowest BCUT2D eigenvalue weighted by molar-refractivity contribution is -0.124. The molecule has 1 aliphatic heterocycles. The van der Waals surface area contributed by atoms with E-state index < -0.39 is 6.04 Å². The number of benzene rings is 3. The zero-order chi connectivity index (χ0) is 24.9. The van der Waals surface area contributed by atoms with Crippen molar-refractivity contribution in [2.24, 2.45) is 0 Å². The molecule has 3 aromatic rings. The fraction of sp³-hybridized carbons (Fsp3) is 0.192. The SMILES string of the molecule is COc1ccc(N2C(=O)C(CC(=O)Nc3ccc(I)cc3)N(CCc3ccc(Cl)cc3)C2=S)cc1. The van der Waals surface area contributed by atoms with E-state index in [2.05, 4.69) is 27.9 Å². The Hall–Kier alpha value is -2.69. The molecule has 3 aromatic carbocycles. The Kier molecular flexibility index (Phi) is 8.25. The van der Waals surface area contributed by atoms with Crippen LogP contribution in [0.3, 0.4) is 0 Å². The van der Waals surface area contributed by atoms with E-state index in [4.69, 9.17) is 28.6 Å². The van der Waals surface area contributed by atoms with Crippen molar-refractivity contribution in [1.82, 2.24) is 4.90 Å². The van der Waals surface area contributed by atoms with Crippen LogP contribution in [0.15, 0.2) is 72.8 Å². The smallest absolute Gasteiger partial charge is 0.256 e. The van der Waals surface area contributed by atoms with Crippen LogP contribution in [0.1, 0.15) is 12.0 Å². The molecular weight excluding hydrogens is 597 g/mol. The molecule has 0 aliphatic carbocycles. The van der Waals surface area contributed by atoms with E-state index in [-0.39, 0.29) is 18.2 Å². The Balaban J connectivity index is 1.55. The summed E-state index contributed by atoms with van der Waals surface area (Å²) in [6, 6.07) is 21.5. The van der Waals surface area contributed by atoms with Crippen LogP contribution in [0.2, 0.25) is 5.02 Å². The molecule has 0 radical (unpaired) electrons. The van der Waals surface area contributed by atoms with Crippen LogP contribution in [0.5, 0.6) is 5.75 Å². The molecule has 1 saturated heterocycles. The van der Waals surface area contributed by atoms with Gasteiger partial charge in [0.2, 0.25) is 5.91 Å². The van der Waals surface area contributed by atoms with Gasteiger partial charge in [-0.3, -0.25) is 14.5 Å². The van der Waals surface area contributed by atoms with Crippen molar-refractivity contribution in [3.63, 3.8) is 0 Å². The summed E-state index contributed by atoms with van der Waals surface area (Å²) in [7, 11) is 1.58. The summed E-state index contributed by atoms with van der Waals surface area (Å²) < 4.78 is 6.30. The monoisotopic (exact) mass is 619 g/mol. The fourth-order valence-corrected chi connectivity index (χ4v) is 4.78. The van der Waals surface area contributed by atoms with Crippen LogP contribution < -0.4 is 15.0 Å². The number of nitrogens with one attached hydrogen (secondary N) is 1. The summed E-state index contributed by atoms with van der Waals surface area (Å²) in [5, 5.41) is 3.93. The predicted molar refractivity (Wildman–Crippen MR) is 151 cm³/mol. The first kappa shape index (κ1) is 25.4. The molecule has 4 rings (SSSR count). The van der Waals surface area contributed by atoms with E-state index in [9.17, 15) is 9.59 Å². The van der Waals surface area contributed by atoms with Gasteiger partial charge in [0.25, 0.3) is 5.91 Å². The molecule has 1 atom stereocenters. The first-order valence-corrected chi connectivity index (χ1v) is 12.8. The largest absolute Gasteiger partial charge is 0.497 e. The number of methoxy groups -OCH3 is 1. The third-order valence-corrected chi connectivity index (χ3v) is 7.10. The number of carbonyl (C=O) groups is 2. The number of halogens is 2. The van der Waals surface area contributed by atoms with Gasteiger partial charge in [0.1, 0.15) is 11.8 Å². The molecule has 0 aromatic heterocycles. The van der Waals surface area contributed by atoms with Crippen LogP contribution in [0, 0.1) is 3.57 Å². The van der Waals surface area contributed by atoms with Gasteiger partial charge in [-0.15, -0.1) is 0 Å². The number of nitrogens with zero attached hydrogens (tertiary/aromatic N) is 2. The molecule has 6 nitrogen and oxygen atoms in total. The third kappa shape index (κ3) is 6.12. The van der Waals surface area contributed by atoms with Gasteiger partial charge in [0.15, 0.2) is 5.11 Å². The highest BCUT2D eigenvalue weighted by molar-refractivity contribution is 14.1. The summed E-state index contributed by atoms with van der Waals surface area (Å²) >= 11 is 14.0. The van der Waals surface area contributed by atoms with Crippen molar-refractivity contribution in [2.45, 2.75) is 18.9 Å². The Labute approximate surface area is 228 Å². The molecule has 2 amide bonds. The standard InChI is InChI=1S/C26H23ClIN3O3S/c1-34-22-12-10-21(11-13-22)31-25(33)23(16-24(32)29-20-8-6-19(28)7-9-20)30(26(31)35)15-14-17-2-4-18(27)5-3-17/h2-13,23H,14-16H2,1H3,(H,29,32). The first-order chi connectivity index (χ1) is 16.9. The van der Waals surface area contributed by atoms with Crippen LogP contribution in [0.4, 0.5) is 11.4 Å². The Morgan fingerprint density at radius 3 is 2.34 bits per heavy atom. The number of hydrogen-bond acceptors (Lipinski definition) is 4. The zero-order valence-electron chi connectivity index (χ0n) is 18.9. The molecule has 35 heavy (non-hydrogen) atoms. The molecular formula is C26H23ClIN3O3S. The van der Waals surface area contributed by atoms with Crippen molar-refractivity contribution in [3.05, 3.63) is 87.0 Å². The fourth-order valence-electron chi connectivity index (χ4n) is 3.88. The molecule has 0 bridgehead atoms. The van der Waals surface area contributed by atoms with Gasteiger partial charge in [0, 0.05) is 20.8 Å². The van der Waals surface area contributed by atoms with Crippen molar-refractivity contribution in [2.75, 3.05) is 23.9 Å². The van der Waals surface area contributed by atoms with Crippen LogP contribution in [0.25, 0.3) is 0 Å². The number of carbonyl (C=O) groups excluding carboxylic acids is 2. The zero-order valence-corrected chi connectivity index (χ0v) is 22.6. The number of thiocarbonyl (C=S) groups is 1. The van der Waals surface area contributed by atoms with Gasteiger partial charge in [-0.05, 0) is 107 Å². The molecule has 0 spiro atoms. The molecule has 1 N–H and O–H groups in total. The van der Waals surface area contributed by atoms with E-state index >= 15 is 0 Å². The summed E-state index contributed by atoms with van der Waals surface area (Å²) in [5.74, 6) is 0.203. The Morgan fingerprint density at radius 1 is 1.06 bits per heavy atom. The summed E-state index contributed by atoms with van der Waals surface area (Å²) in [4.78, 5) is 29.8. The van der Waals surface area contributed by atoms with Crippen LogP contribution in [-0.2, 0) is 16.0 Å². The second kappa shape index (κ2) is 11.4. The van der Waals surface area contributed by atoms with Crippen LogP contribution in [-0.4, -0.2) is 41.5 Å². The molecule has 1 unspecified atom stereocenters. The summed E-state index contributed by atoms with van der Waals surface area (Å²) in [5.41, 5.74) is 2.38. The van der Waals surface area contributed by atoms with Gasteiger partial charge in [-0.1, -0.05) is 23.7 Å². The second-order valence-electron chi connectivity index (χ2n) is 8.00. The van der Waals surface area contributed by atoms with E-state index in [0.717, 1.165) is 9.13 Å². The average Bonchev–Trinajstić information content (AvgIpc) is 3.08. The quantitative estimate of drug-likeness (QED) is 0.266. The molecule has 1 aliphatic rings. The van der Waals surface area contributed by atoms with Gasteiger partial charge in [0.05, 0.1) is 19.2 Å². The van der Waals surface area contributed by atoms with Crippen molar-refractivity contribution in [3.8, 4) is 5.75 Å². The molecule has 1 heterocycles. The van der Waals surface area contributed by atoms with Crippen molar-refractivity contribution in [1.29, 1.82) is 0 Å². The van der Waals surface area contributed by atoms with E-state index in [1.54, 1.807) is 31.4 Å². The number of rotatable bonds is 8. The van der Waals surface area contributed by atoms with E-state index in [1.165, 1.54) is 4.90 Å². The molecule has 0 saturated carbocycles. The molecule has 9 heteroatoms. The molecule has 1 fully saturated rings. The minimum atomic E-state index is -0.708. The summed E-state index contributed by atoms with van der Waals surface area (Å²) in [6.45, 7) is 0.486. The van der Waals surface area contributed by atoms with Gasteiger partial charge in [-0.25, -0.2) is 0 Å². The predicted octanol–water partition coefficient (Wildman–Crippen LogP) is 5.53. The van der Waals surface area contributed by atoms with Crippen molar-refractivity contribution >= 4 is 74.7 Å². The van der Waals surface area contributed by atoms with Crippen LogP contribution >= 0.6 is 46.4 Å². The average molecular weight is 620 g/mol. The maximum absolute atomic E-state index is 13.5. The van der Waals surface area contributed by atoms with Gasteiger partial charge >= 0.3 is 0 Å². The van der Waals surface area contributed by atoms with Gasteiger partial charge in [-0.2, -0.15) is 0 Å². The highest BCUT2D eigenvalue weighted by atomic mass is 127. The number of amides is 2. The normalized spacial score (nSPS) is 15.5. The minimum Gasteiger partial charge on any atom is -0.497 e. The lowest BCUT2D eigenvalue weighted by Gasteiger charge is -2.24. The first-order valence-electron chi connectivity index (χ1n) is 10.9. The van der Waals surface area contributed by atoms with E-state index in [1.807, 2.05) is 53.4 Å². The van der Waals surface area contributed by atoms with Crippen molar-refractivity contribution < 1.29 is 14.3 Å². The topological polar surface area (TPSA) is 61.9 Å². The Bertz CT molecular complexity index is 1220. The maximum Gasteiger partial charge on any atom is 0.256 e.